The summed E-state index contributed by atoms with van der Waals surface area (Å²) in [5.74, 6) is -5.02. The van der Waals surface area contributed by atoms with Gasteiger partial charge in [-0.1, -0.05) is 0 Å². The average Bonchev–Trinajstić information content (AvgIpc) is 2.27. The molecule has 0 spiro atoms. The van der Waals surface area contributed by atoms with Gasteiger partial charge >= 0.3 is 94.1 Å². The number of carbonyl (C=O) groups is 4. The maximum atomic E-state index is 10.3. The van der Waals surface area contributed by atoms with E-state index in [0.717, 1.165) is 0 Å². The van der Waals surface area contributed by atoms with Gasteiger partial charge in [-0.05, 0) is 0 Å². The van der Waals surface area contributed by atoms with Crippen LogP contribution in [-0.2, 0) is 46.6 Å². The Morgan fingerprint density at radius 3 is 1.15 bits per heavy atom. The third-order valence-corrected chi connectivity index (χ3v) is 1.29. The summed E-state index contributed by atoms with van der Waals surface area (Å²) in [5, 5.41) is 33.8. The van der Waals surface area contributed by atoms with E-state index in [1.807, 2.05) is 6.79 Å². The Kier molecular flexibility index (Phi) is 44.9. The predicted octanol–water partition coefficient (Wildman–Crippen LogP) is -8.79. The zero-order chi connectivity index (χ0) is 19.9. The molecule has 0 aromatic heterocycles. The second-order valence-corrected chi connectivity index (χ2v) is 3.91. The van der Waals surface area contributed by atoms with Crippen molar-refractivity contribution < 1.29 is 142 Å². The van der Waals surface area contributed by atoms with E-state index < -0.39 is 59.1 Å². The monoisotopic (exact) mass is 491 g/mol. The number of hydrogen-bond donors (Lipinski definition) is 4. The van der Waals surface area contributed by atoms with Gasteiger partial charge in [-0.25, -0.2) is 4.79 Å². The Labute approximate surface area is 206 Å². The Bertz CT molecular complexity index is 448. The molecule has 147 valence electrons. The van der Waals surface area contributed by atoms with Gasteiger partial charge in [0.2, 0.25) is 0 Å². The van der Waals surface area contributed by atoms with Gasteiger partial charge in [-0.2, -0.15) is 0 Å². The van der Waals surface area contributed by atoms with Crippen LogP contribution in [0.3, 0.4) is 0 Å². The van der Waals surface area contributed by atoms with Gasteiger partial charge in [0.05, 0.1) is 12.8 Å². The number of aliphatic hydroxyl groups is 1. The smallest absolute Gasteiger partial charge is 0.811 e. The van der Waals surface area contributed by atoms with Crippen molar-refractivity contribution in [3.8, 4) is 0 Å². The summed E-state index contributed by atoms with van der Waals surface area (Å²) in [6.07, 6.45) is -2.29. The molecule has 4 N–H and O–H groups in total. The van der Waals surface area contributed by atoms with E-state index in [2.05, 4.69) is 0 Å². The van der Waals surface area contributed by atoms with Crippen LogP contribution in [0, 0.1) is 0 Å². The zero-order valence-corrected chi connectivity index (χ0v) is 19.7. The van der Waals surface area contributed by atoms with Gasteiger partial charge in [0.1, 0.15) is 6.79 Å². The molecule has 0 bridgehead atoms. The third-order valence-electron chi connectivity index (χ3n) is 1.29. The SMILES string of the molecule is C=O.O=C(O)CC(O)(CC(=O)O)C(=O)O.O=S(=O)([O-])[O-].[Cu+2].[Na+].[Na+].[O-]S[O-]. The molecular formula is C7H10CuNa2O14S2. The molecule has 0 aliphatic heterocycles. The van der Waals surface area contributed by atoms with Crippen LogP contribution in [0.1, 0.15) is 12.8 Å². The van der Waals surface area contributed by atoms with Crippen molar-refractivity contribution in [3.05, 3.63) is 0 Å². The van der Waals surface area contributed by atoms with Crippen LogP contribution in [0.2, 0.25) is 0 Å². The van der Waals surface area contributed by atoms with E-state index in [4.69, 9.17) is 51.8 Å². The first kappa shape index (κ1) is 45.4. The first-order valence-corrected chi connectivity index (χ1v) is 6.46. The fourth-order valence-corrected chi connectivity index (χ4v) is 0.714. The second kappa shape index (κ2) is 25.7. The van der Waals surface area contributed by atoms with Crippen molar-refractivity contribution in [2.24, 2.45) is 0 Å². The van der Waals surface area contributed by atoms with E-state index >= 15 is 0 Å². The average molecular weight is 492 g/mol. The van der Waals surface area contributed by atoms with Crippen LogP contribution in [-0.4, -0.2) is 77.4 Å². The molecule has 0 aromatic rings. The Morgan fingerprint density at radius 1 is 0.923 bits per heavy atom. The molecule has 26 heavy (non-hydrogen) atoms. The molecule has 0 atom stereocenters. The molecule has 0 amide bonds. The largest absolute Gasteiger partial charge is 2.00 e. The number of rotatable bonds is 5. The summed E-state index contributed by atoms with van der Waals surface area (Å²) in [7, 11) is -5.17. The number of carbonyl (C=O) groups excluding carboxylic acids is 1. The molecule has 0 fully saturated rings. The van der Waals surface area contributed by atoms with E-state index in [0.29, 0.717) is 0 Å². The maximum Gasteiger partial charge on any atom is 2.00 e. The fraction of sp³-hybridized carbons (Fsp3) is 0.429. The van der Waals surface area contributed by atoms with E-state index in [1.54, 1.807) is 0 Å². The molecular weight excluding hydrogens is 482 g/mol. The van der Waals surface area contributed by atoms with E-state index in [-0.39, 0.29) is 76.2 Å². The molecule has 0 aliphatic rings. The molecule has 0 aromatic carbocycles. The standard InChI is InChI=1S/C6H8O7.CH2O.Cu.2Na.H2O4S.H2O2S/c7-3(8)1-6(13,5(11)12)2-4(9)10;1-2;;;;1-5(2,3)4;1-3-2/h13H,1-2H2,(H,7,8)(H,9,10)(H,11,12);1H2;;;;(H2,1,2,3,4);1-2H/q;;+2;2*+1;;/p-4. The molecule has 1 radical (unpaired) electrons. The minimum absolute atomic E-state index is 0. The van der Waals surface area contributed by atoms with Crippen LogP contribution in [0.25, 0.3) is 0 Å². The van der Waals surface area contributed by atoms with Crippen molar-refractivity contribution >= 4 is 47.4 Å². The molecule has 0 aliphatic carbocycles. The van der Waals surface area contributed by atoms with Gasteiger partial charge < -0.3 is 55.8 Å². The molecule has 19 heteroatoms. The number of carboxylic acids is 3. The van der Waals surface area contributed by atoms with Crippen molar-refractivity contribution in [2.45, 2.75) is 18.4 Å². The molecule has 0 heterocycles. The summed E-state index contributed by atoms with van der Waals surface area (Å²) in [4.78, 5) is 38.5. The summed E-state index contributed by atoms with van der Waals surface area (Å²) >= 11 is -0.750. The normalized spacial score (nSPS) is 8.50. The number of aliphatic carboxylic acids is 3. The Balaban J connectivity index is -0.0000000472. The van der Waals surface area contributed by atoms with Gasteiger partial charge in [-0.3, -0.25) is 18.0 Å². The quantitative estimate of drug-likeness (QED) is 0.120. The molecule has 0 saturated heterocycles. The molecule has 0 saturated carbocycles. The summed E-state index contributed by atoms with van der Waals surface area (Å²) in [6.45, 7) is 2.00. The first-order valence-electron chi connectivity index (χ1n) is 4.46. The van der Waals surface area contributed by atoms with Gasteiger partial charge in [-0.15, -0.1) is 0 Å². The summed E-state index contributed by atoms with van der Waals surface area (Å²) in [5.41, 5.74) is -2.74. The van der Waals surface area contributed by atoms with Gasteiger partial charge in [0.15, 0.2) is 5.60 Å². The second-order valence-electron chi connectivity index (χ2n) is 2.95. The molecule has 14 nitrogen and oxygen atoms in total. The number of hydrogen-bond acceptors (Lipinski definition) is 12. The van der Waals surface area contributed by atoms with E-state index in [9.17, 15) is 14.4 Å². The maximum absolute atomic E-state index is 10.3. The summed E-state index contributed by atoms with van der Waals surface area (Å²) < 4.78 is 50.7. The van der Waals surface area contributed by atoms with Crippen molar-refractivity contribution in [1.82, 2.24) is 0 Å². The minimum atomic E-state index is -5.17. The van der Waals surface area contributed by atoms with E-state index in [1.165, 1.54) is 0 Å². The topological polar surface area (TPSA) is 276 Å². The Morgan fingerprint density at radius 2 is 1.08 bits per heavy atom. The van der Waals surface area contributed by atoms with Crippen LogP contribution in [0.15, 0.2) is 0 Å². The summed E-state index contributed by atoms with van der Waals surface area (Å²) in [6, 6.07) is 0. The van der Waals surface area contributed by atoms with Crippen molar-refractivity contribution in [2.75, 3.05) is 0 Å². The zero-order valence-electron chi connectivity index (χ0n) is 13.1. The number of carboxylic acid groups (broad SMARTS) is 3. The van der Waals surface area contributed by atoms with Crippen LogP contribution < -0.4 is 59.1 Å². The van der Waals surface area contributed by atoms with Crippen LogP contribution >= 0.6 is 12.3 Å². The van der Waals surface area contributed by atoms with Crippen molar-refractivity contribution in [3.63, 3.8) is 0 Å². The molecule has 0 unspecified atom stereocenters. The van der Waals surface area contributed by atoms with Crippen LogP contribution in [0.5, 0.6) is 0 Å². The van der Waals surface area contributed by atoms with Crippen LogP contribution in [0.4, 0.5) is 0 Å². The first-order chi connectivity index (χ1) is 10.2. The third kappa shape index (κ3) is 49.7. The van der Waals surface area contributed by atoms with Gasteiger partial charge in [0.25, 0.3) is 0 Å². The fourth-order valence-electron chi connectivity index (χ4n) is 0.714. The minimum Gasteiger partial charge on any atom is -0.811 e. The Hall–Kier alpha value is 0.699. The van der Waals surface area contributed by atoms with Crippen molar-refractivity contribution in [1.29, 1.82) is 0 Å². The predicted molar refractivity (Wildman–Crippen MR) is 63.8 cm³/mol. The van der Waals surface area contributed by atoms with Gasteiger partial charge in [0, 0.05) is 10.4 Å². The molecule has 0 rings (SSSR count).